The van der Waals surface area contributed by atoms with Crippen molar-refractivity contribution in [3.8, 4) is 11.5 Å². The third-order valence-corrected chi connectivity index (χ3v) is 5.77. The molecule has 2 aromatic carbocycles. The Morgan fingerprint density at radius 1 is 1.03 bits per heavy atom. The standard InChI is InChI=1S/C26H27N5O/c1-20-27-12-13-30(20)15-14-29(2)18-23-19-31(17-21-8-4-3-5-9-21)28-26(23)25-16-22-10-6-7-11-24(22)32-25/h3-13,16,19H,14-15,17-18H2,1-2H3. The van der Waals surface area contributed by atoms with E-state index in [0.29, 0.717) is 0 Å². The molecule has 5 aromatic rings. The first-order valence-corrected chi connectivity index (χ1v) is 10.9. The molecule has 0 aliphatic heterocycles. The van der Waals surface area contributed by atoms with Crippen molar-refractivity contribution in [2.45, 2.75) is 26.6 Å². The Morgan fingerprint density at radius 3 is 2.62 bits per heavy atom. The van der Waals surface area contributed by atoms with Crippen LogP contribution in [-0.4, -0.2) is 37.8 Å². The molecule has 0 aliphatic rings. The van der Waals surface area contributed by atoms with Crippen molar-refractivity contribution < 1.29 is 4.42 Å². The zero-order valence-corrected chi connectivity index (χ0v) is 18.5. The van der Waals surface area contributed by atoms with Crippen molar-refractivity contribution in [1.29, 1.82) is 0 Å². The van der Waals surface area contributed by atoms with E-state index in [1.807, 2.05) is 48.3 Å². The summed E-state index contributed by atoms with van der Waals surface area (Å²) in [5.74, 6) is 1.85. The highest BCUT2D eigenvalue weighted by molar-refractivity contribution is 5.82. The lowest BCUT2D eigenvalue weighted by atomic mass is 10.2. The number of para-hydroxylation sites is 1. The lowest BCUT2D eigenvalue weighted by Gasteiger charge is -2.17. The van der Waals surface area contributed by atoms with Gasteiger partial charge in [-0.15, -0.1) is 0 Å². The zero-order chi connectivity index (χ0) is 21.9. The first-order valence-electron chi connectivity index (χ1n) is 10.9. The molecule has 0 atom stereocenters. The first kappa shape index (κ1) is 20.3. The molecule has 0 saturated carbocycles. The van der Waals surface area contributed by atoms with Crippen molar-refractivity contribution in [3.63, 3.8) is 0 Å². The SMILES string of the molecule is Cc1nccn1CCN(C)Cc1cn(Cc2ccccc2)nc1-c1cc2ccccc2o1. The van der Waals surface area contributed by atoms with Gasteiger partial charge in [-0.3, -0.25) is 4.68 Å². The molecule has 3 aromatic heterocycles. The van der Waals surface area contributed by atoms with Crippen LogP contribution in [-0.2, 0) is 19.6 Å². The third kappa shape index (κ3) is 4.36. The monoisotopic (exact) mass is 425 g/mol. The number of benzene rings is 2. The summed E-state index contributed by atoms with van der Waals surface area (Å²) in [5.41, 5.74) is 4.17. The highest BCUT2D eigenvalue weighted by Gasteiger charge is 2.17. The third-order valence-electron chi connectivity index (χ3n) is 5.77. The number of aryl methyl sites for hydroxylation is 1. The van der Waals surface area contributed by atoms with Crippen molar-refractivity contribution in [1.82, 2.24) is 24.2 Å². The van der Waals surface area contributed by atoms with E-state index < -0.39 is 0 Å². The van der Waals surface area contributed by atoms with Gasteiger partial charge in [-0.2, -0.15) is 5.10 Å². The summed E-state index contributed by atoms with van der Waals surface area (Å²) in [6, 6.07) is 20.6. The van der Waals surface area contributed by atoms with E-state index in [9.17, 15) is 0 Å². The number of nitrogens with zero attached hydrogens (tertiary/aromatic N) is 5. The number of furan rings is 1. The van der Waals surface area contributed by atoms with E-state index in [1.165, 1.54) is 5.56 Å². The molecule has 0 bridgehead atoms. The molecule has 0 spiro atoms. The van der Waals surface area contributed by atoms with Crippen molar-refractivity contribution >= 4 is 11.0 Å². The quantitative estimate of drug-likeness (QED) is 0.352. The maximum Gasteiger partial charge on any atom is 0.156 e. The van der Waals surface area contributed by atoms with Gasteiger partial charge in [0, 0.05) is 49.2 Å². The molecule has 5 rings (SSSR count). The summed E-state index contributed by atoms with van der Waals surface area (Å²) in [6.45, 7) is 5.37. The van der Waals surface area contributed by atoms with Crippen LogP contribution in [0.2, 0.25) is 0 Å². The van der Waals surface area contributed by atoms with Gasteiger partial charge in [-0.25, -0.2) is 4.98 Å². The molecule has 0 N–H and O–H groups in total. The minimum atomic E-state index is 0.728. The van der Waals surface area contributed by atoms with Crippen LogP contribution in [0.4, 0.5) is 0 Å². The summed E-state index contributed by atoms with van der Waals surface area (Å²) < 4.78 is 10.4. The lowest BCUT2D eigenvalue weighted by molar-refractivity contribution is 0.310. The summed E-state index contributed by atoms with van der Waals surface area (Å²) in [4.78, 5) is 6.63. The molecular formula is C26H27N5O. The fraction of sp³-hybridized carbons (Fsp3) is 0.231. The van der Waals surface area contributed by atoms with Crippen LogP contribution < -0.4 is 0 Å². The second-order valence-electron chi connectivity index (χ2n) is 8.24. The van der Waals surface area contributed by atoms with E-state index >= 15 is 0 Å². The van der Waals surface area contributed by atoms with Gasteiger partial charge in [0.2, 0.25) is 0 Å². The van der Waals surface area contributed by atoms with Crippen LogP contribution in [0.25, 0.3) is 22.4 Å². The Bertz CT molecular complexity index is 1280. The minimum Gasteiger partial charge on any atom is -0.454 e. The molecule has 0 unspecified atom stereocenters. The number of imidazole rings is 1. The number of likely N-dealkylation sites (N-methyl/N-ethyl adjacent to an activating group) is 1. The topological polar surface area (TPSA) is 52.0 Å². The fourth-order valence-electron chi connectivity index (χ4n) is 4.02. The molecule has 32 heavy (non-hydrogen) atoms. The van der Waals surface area contributed by atoms with Crippen molar-refractivity contribution in [2.75, 3.05) is 13.6 Å². The summed E-state index contributed by atoms with van der Waals surface area (Å²) in [5, 5.41) is 6.02. The Hall–Kier alpha value is -3.64. The van der Waals surface area contributed by atoms with Gasteiger partial charge >= 0.3 is 0 Å². The molecule has 6 nitrogen and oxygen atoms in total. The molecule has 0 radical (unpaired) electrons. The van der Waals surface area contributed by atoms with E-state index in [1.54, 1.807) is 0 Å². The lowest BCUT2D eigenvalue weighted by Crippen LogP contribution is -2.23. The van der Waals surface area contributed by atoms with E-state index in [4.69, 9.17) is 9.52 Å². The maximum absolute atomic E-state index is 6.17. The molecule has 0 aliphatic carbocycles. The summed E-state index contributed by atoms with van der Waals surface area (Å²) in [6.07, 6.45) is 6.03. The second-order valence-corrected chi connectivity index (χ2v) is 8.24. The molecule has 162 valence electrons. The van der Waals surface area contributed by atoms with Crippen LogP contribution in [0.5, 0.6) is 0 Å². The fourth-order valence-corrected chi connectivity index (χ4v) is 4.02. The molecule has 6 heteroatoms. The average Bonchev–Trinajstić information content (AvgIpc) is 3.51. The smallest absolute Gasteiger partial charge is 0.156 e. The number of hydrogen-bond acceptors (Lipinski definition) is 4. The Morgan fingerprint density at radius 2 is 1.84 bits per heavy atom. The van der Waals surface area contributed by atoms with Crippen molar-refractivity contribution in [3.05, 3.63) is 96.2 Å². The second kappa shape index (κ2) is 8.85. The maximum atomic E-state index is 6.17. The first-order chi connectivity index (χ1) is 15.7. The zero-order valence-electron chi connectivity index (χ0n) is 18.5. The van der Waals surface area contributed by atoms with Gasteiger partial charge in [0.25, 0.3) is 0 Å². The number of rotatable bonds is 8. The highest BCUT2D eigenvalue weighted by atomic mass is 16.3. The Labute approximate surface area is 187 Å². The normalized spacial score (nSPS) is 11.6. The Kier molecular flexibility index (Phi) is 5.60. The summed E-state index contributed by atoms with van der Waals surface area (Å²) >= 11 is 0. The largest absolute Gasteiger partial charge is 0.454 e. The molecule has 3 heterocycles. The van der Waals surface area contributed by atoms with Gasteiger partial charge in [-0.05, 0) is 31.7 Å². The van der Waals surface area contributed by atoms with Gasteiger partial charge in [0.15, 0.2) is 5.76 Å². The van der Waals surface area contributed by atoms with Gasteiger partial charge < -0.3 is 13.9 Å². The predicted molar refractivity (Wildman–Crippen MR) is 126 cm³/mol. The molecular weight excluding hydrogens is 398 g/mol. The van der Waals surface area contributed by atoms with Crippen LogP contribution in [0.1, 0.15) is 17.0 Å². The number of fused-ring (bicyclic) bond motifs is 1. The van der Waals surface area contributed by atoms with Gasteiger partial charge in [0.1, 0.15) is 17.1 Å². The van der Waals surface area contributed by atoms with E-state index in [0.717, 1.165) is 60.0 Å². The van der Waals surface area contributed by atoms with Gasteiger partial charge in [-0.1, -0.05) is 48.5 Å². The van der Waals surface area contributed by atoms with Crippen LogP contribution in [0, 0.1) is 6.92 Å². The molecule has 0 saturated heterocycles. The van der Waals surface area contributed by atoms with Crippen molar-refractivity contribution in [2.24, 2.45) is 0 Å². The van der Waals surface area contributed by atoms with E-state index in [2.05, 4.69) is 64.1 Å². The van der Waals surface area contributed by atoms with E-state index in [-0.39, 0.29) is 0 Å². The Balaban J connectivity index is 1.41. The number of aromatic nitrogens is 4. The molecule has 0 fully saturated rings. The molecule has 0 amide bonds. The average molecular weight is 426 g/mol. The predicted octanol–water partition coefficient (Wildman–Crippen LogP) is 4.98. The number of hydrogen-bond donors (Lipinski definition) is 0. The van der Waals surface area contributed by atoms with Crippen LogP contribution >= 0.6 is 0 Å². The summed E-state index contributed by atoms with van der Waals surface area (Å²) in [7, 11) is 2.14. The van der Waals surface area contributed by atoms with Crippen LogP contribution in [0.3, 0.4) is 0 Å². The highest BCUT2D eigenvalue weighted by Crippen LogP contribution is 2.30. The minimum absolute atomic E-state index is 0.728. The van der Waals surface area contributed by atoms with Crippen LogP contribution in [0.15, 0.2) is 83.7 Å². The van der Waals surface area contributed by atoms with Gasteiger partial charge in [0.05, 0.1) is 6.54 Å².